The normalized spacial score (nSPS) is 8.85. The average Bonchev–Trinajstić information content (AvgIpc) is 2.15. The third-order valence-corrected chi connectivity index (χ3v) is 1.27. The van der Waals surface area contributed by atoms with Gasteiger partial charge in [0.1, 0.15) is 12.4 Å². The van der Waals surface area contributed by atoms with E-state index in [-0.39, 0.29) is 12.3 Å². The van der Waals surface area contributed by atoms with Crippen molar-refractivity contribution >= 4 is 5.97 Å². The molecule has 0 aromatic carbocycles. The maximum absolute atomic E-state index is 10.5. The van der Waals surface area contributed by atoms with Crippen molar-refractivity contribution in [3.8, 4) is 18.1 Å². The number of hydrogen-bond donors (Lipinski definition) is 1. The van der Waals surface area contributed by atoms with E-state index in [0.717, 1.165) is 0 Å². The zero-order valence-corrected chi connectivity index (χ0v) is 6.73. The van der Waals surface area contributed by atoms with Crippen LogP contribution in [0.1, 0.15) is 10.5 Å². The molecule has 0 unspecified atom stereocenters. The van der Waals surface area contributed by atoms with Gasteiger partial charge in [-0.1, -0.05) is 5.92 Å². The van der Waals surface area contributed by atoms with Crippen LogP contribution >= 0.6 is 0 Å². The lowest BCUT2D eigenvalue weighted by atomic mass is 10.3. The summed E-state index contributed by atoms with van der Waals surface area (Å²) in [4.78, 5) is 14.1. The fourth-order valence-electron chi connectivity index (χ4n) is 0.743. The lowest BCUT2D eigenvalue weighted by Gasteiger charge is -2.01. The Morgan fingerprint density at radius 2 is 2.54 bits per heavy atom. The minimum absolute atomic E-state index is 0.0606. The van der Waals surface area contributed by atoms with E-state index in [1.807, 2.05) is 0 Å². The van der Waals surface area contributed by atoms with Crippen LogP contribution in [0.4, 0.5) is 0 Å². The molecule has 66 valence electrons. The Morgan fingerprint density at radius 1 is 1.77 bits per heavy atom. The third-order valence-electron chi connectivity index (χ3n) is 1.27. The zero-order chi connectivity index (χ0) is 9.68. The van der Waals surface area contributed by atoms with E-state index in [2.05, 4.69) is 10.9 Å². The maximum atomic E-state index is 10.5. The van der Waals surface area contributed by atoms with Crippen LogP contribution in [0.25, 0.3) is 0 Å². The molecule has 0 saturated heterocycles. The van der Waals surface area contributed by atoms with Crippen molar-refractivity contribution in [1.82, 2.24) is 4.98 Å². The van der Waals surface area contributed by atoms with Gasteiger partial charge in [0, 0.05) is 12.3 Å². The zero-order valence-electron chi connectivity index (χ0n) is 6.73. The van der Waals surface area contributed by atoms with Crippen LogP contribution < -0.4 is 4.74 Å². The Bertz CT molecular complexity index is 354. The predicted molar refractivity (Wildman–Crippen MR) is 45.5 cm³/mol. The molecule has 0 aliphatic heterocycles. The molecule has 0 radical (unpaired) electrons. The first kappa shape index (κ1) is 9.07. The topological polar surface area (TPSA) is 59.4 Å². The van der Waals surface area contributed by atoms with Gasteiger partial charge in [-0.2, -0.15) is 0 Å². The summed E-state index contributed by atoms with van der Waals surface area (Å²) in [5.74, 6) is 1.59. The van der Waals surface area contributed by atoms with Crippen molar-refractivity contribution in [1.29, 1.82) is 0 Å². The first-order chi connectivity index (χ1) is 6.24. The number of aromatic carboxylic acids is 1. The van der Waals surface area contributed by atoms with Crippen LogP contribution in [-0.2, 0) is 0 Å². The number of rotatable bonds is 3. The highest BCUT2D eigenvalue weighted by atomic mass is 16.5. The highest BCUT2D eigenvalue weighted by Crippen LogP contribution is 2.10. The van der Waals surface area contributed by atoms with Gasteiger partial charge in [-0.25, -0.2) is 9.78 Å². The summed E-state index contributed by atoms with van der Waals surface area (Å²) >= 11 is 0. The lowest BCUT2D eigenvalue weighted by Crippen LogP contribution is -2.01. The van der Waals surface area contributed by atoms with Crippen LogP contribution in [0.5, 0.6) is 5.75 Å². The molecule has 0 amide bonds. The van der Waals surface area contributed by atoms with E-state index in [4.69, 9.17) is 16.3 Å². The van der Waals surface area contributed by atoms with E-state index < -0.39 is 5.97 Å². The molecule has 4 heteroatoms. The standard InChI is InChI=1S/C9H7NO3/c1-2-5-13-7-3-4-10-8(6-7)9(11)12/h1,3-4,6H,5H2,(H,11,12). The Balaban J connectivity index is 2.80. The summed E-state index contributed by atoms with van der Waals surface area (Å²) in [5.41, 5.74) is -0.0606. The molecule has 0 atom stereocenters. The largest absolute Gasteiger partial charge is 0.481 e. The summed E-state index contributed by atoms with van der Waals surface area (Å²) in [6.45, 7) is 0.114. The molecule has 0 fully saturated rings. The number of nitrogens with zero attached hydrogens (tertiary/aromatic N) is 1. The number of carboxylic acid groups (broad SMARTS) is 1. The maximum Gasteiger partial charge on any atom is 0.354 e. The number of hydrogen-bond acceptors (Lipinski definition) is 3. The first-order valence-electron chi connectivity index (χ1n) is 3.49. The van der Waals surface area contributed by atoms with Crippen LogP contribution in [0.2, 0.25) is 0 Å². The molecule has 1 heterocycles. The monoisotopic (exact) mass is 177 g/mol. The molecule has 0 bridgehead atoms. The Hall–Kier alpha value is -2.02. The molecule has 1 aromatic heterocycles. The van der Waals surface area contributed by atoms with Crippen molar-refractivity contribution in [3.63, 3.8) is 0 Å². The number of carboxylic acids is 1. The molecule has 13 heavy (non-hydrogen) atoms. The van der Waals surface area contributed by atoms with Gasteiger partial charge in [0.25, 0.3) is 0 Å². The summed E-state index contributed by atoms with van der Waals surface area (Å²) < 4.78 is 5.01. The second-order valence-corrected chi connectivity index (χ2v) is 2.17. The molecular weight excluding hydrogens is 170 g/mol. The van der Waals surface area contributed by atoms with Gasteiger partial charge in [-0.05, 0) is 6.07 Å². The third kappa shape index (κ3) is 2.49. The smallest absolute Gasteiger partial charge is 0.354 e. The molecule has 4 nitrogen and oxygen atoms in total. The van der Waals surface area contributed by atoms with Gasteiger partial charge in [0.15, 0.2) is 5.69 Å². The second-order valence-electron chi connectivity index (χ2n) is 2.17. The van der Waals surface area contributed by atoms with E-state index in [1.54, 1.807) is 6.07 Å². The van der Waals surface area contributed by atoms with Crippen molar-refractivity contribution in [2.45, 2.75) is 0 Å². The van der Waals surface area contributed by atoms with Crippen LogP contribution in [0.3, 0.4) is 0 Å². The van der Waals surface area contributed by atoms with Gasteiger partial charge >= 0.3 is 5.97 Å². The van der Waals surface area contributed by atoms with Gasteiger partial charge in [-0.15, -0.1) is 6.42 Å². The predicted octanol–water partition coefficient (Wildman–Crippen LogP) is 0.792. The van der Waals surface area contributed by atoms with Crippen LogP contribution in [0, 0.1) is 12.3 Å². The number of terminal acetylenes is 1. The molecule has 0 aliphatic carbocycles. The summed E-state index contributed by atoms with van der Waals surface area (Å²) in [6, 6.07) is 2.86. The fourth-order valence-corrected chi connectivity index (χ4v) is 0.743. The Kier molecular flexibility index (Phi) is 2.87. The minimum Gasteiger partial charge on any atom is -0.481 e. The Morgan fingerprint density at radius 3 is 3.15 bits per heavy atom. The summed E-state index contributed by atoms with van der Waals surface area (Å²) in [6.07, 6.45) is 6.32. The summed E-state index contributed by atoms with van der Waals surface area (Å²) in [5, 5.41) is 8.58. The highest BCUT2D eigenvalue weighted by molar-refractivity contribution is 5.85. The molecule has 0 aliphatic rings. The minimum atomic E-state index is -1.09. The lowest BCUT2D eigenvalue weighted by molar-refractivity contribution is 0.0690. The van der Waals surface area contributed by atoms with E-state index in [1.165, 1.54) is 12.3 Å². The van der Waals surface area contributed by atoms with Gasteiger partial charge in [0.2, 0.25) is 0 Å². The van der Waals surface area contributed by atoms with Crippen molar-refractivity contribution in [2.75, 3.05) is 6.61 Å². The molecule has 0 saturated carbocycles. The number of pyridine rings is 1. The fraction of sp³-hybridized carbons (Fsp3) is 0.111. The average molecular weight is 177 g/mol. The van der Waals surface area contributed by atoms with Crippen LogP contribution in [-0.4, -0.2) is 22.7 Å². The molecular formula is C9H7NO3. The number of ether oxygens (including phenoxy) is 1. The number of aromatic nitrogens is 1. The van der Waals surface area contributed by atoms with Crippen molar-refractivity contribution < 1.29 is 14.6 Å². The van der Waals surface area contributed by atoms with Crippen LogP contribution in [0.15, 0.2) is 18.3 Å². The quantitative estimate of drug-likeness (QED) is 0.693. The van der Waals surface area contributed by atoms with Crippen molar-refractivity contribution in [3.05, 3.63) is 24.0 Å². The molecule has 0 spiro atoms. The van der Waals surface area contributed by atoms with E-state index >= 15 is 0 Å². The molecule has 1 aromatic rings. The molecule has 1 N–H and O–H groups in total. The van der Waals surface area contributed by atoms with Crippen molar-refractivity contribution in [2.24, 2.45) is 0 Å². The first-order valence-corrected chi connectivity index (χ1v) is 3.49. The van der Waals surface area contributed by atoms with Gasteiger partial charge in [0.05, 0.1) is 0 Å². The number of carbonyl (C=O) groups is 1. The van der Waals surface area contributed by atoms with E-state index in [0.29, 0.717) is 5.75 Å². The van der Waals surface area contributed by atoms with E-state index in [9.17, 15) is 4.79 Å². The summed E-state index contributed by atoms with van der Waals surface area (Å²) in [7, 11) is 0. The SMILES string of the molecule is C#CCOc1ccnc(C(=O)O)c1. The Labute approximate surface area is 75.2 Å². The van der Waals surface area contributed by atoms with Gasteiger partial charge < -0.3 is 9.84 Å². The molecule has 1 rings (SSSR count). The van der Waals surface area contributed by atoms with Gasteiger partial charge in [-0.3, -0.25) is 0 Å². The highest BCUT2D eigenvalue weighted by Gasteiger charge is 2.04. The second kappa shape index (κ2) is 4.12.